The van der Waals surface area contributed by atoms with Crippen LogP contribution in [0.3, 0.4) is 0 Å². The van der Waals surface area contributed by atoms with E-state index >= 15 is 0 Å². The lowest BCUT2D eigenvalue weighted by Crippen LogP contribution is -2.61. The molecule has 10 N–H and O–H groups in total. The second-order valence-electron chi connectivity index (χ2n) is 15.9. The molecular formula is C33H58N8O3. The molecule has 5 saturated heterocycles. The highest BCUT2D eigenvalue weighted by molar-refractivity contribution is 5.53. The highest BCUT2D eigenvalue weighted by Crippen LogP contribution is 2.45. The Balaban J connectivity index is 0.000000684. The minimum absolute atomic E-state index is 0.420. The van der Waals surface area contributed by atoms with Crippen LogP contribution in [-0.2, 0) is 0 Å². The minimum Gasteiger partial charge on any atom is -0.450 e. The van der Waals surface area contributed by atoms with Crippen molar-refractivity contribution in [3.63, 3.8) is 0 Å². The summed E-state index contributed by atoms with van der Waals surface area (Å²) in [5.74, 6) is 5.97. The Kier molecular flexibility index (Phi) is 8.86. The van der Waals surface area contributed by atoms with Gasteiger partial charge >= 0.3 is 6.16 Å². The Labute approximate surface area is 263 Å². The van der Waals surface area contributed by atoms with Crippen LogP contribution in [0.15, 0.2) is 0 Å². The number of rotatable bonds is 0. The van der Waals surface area contributed by atoms with E-state index in [1.54, 1.807) is 0 Å². The highest BCUT2D eigenvalue weighted by atomic mass is 16.6. The van der Waals surface area contributed by atoms with Crippen LogP contribution in [-0.4, -0.2) is 65.7 Å². The first-order valence-electron chi connectivity index (χ1n) is 18.5. The zero-order valence-corrected chi connectivity index (χ0v) is 26.4. The van der Waals surface area contributed by atoms with Gasteiger partial charge in [-0.2, -0.15) is 0 Å². The van der Waals surface area contributed by atoms with Crippen LogP contribution in [0.1, 0.15) is 103 Å². The average molecular weight is 615 g/mol. The summed E-state index contributed by atoms with van der Waals surface area (Å²) < 4.78 is 0. The molecule has 248 valence electrons. The standard InChI is InChI=1S/C32H56N8.CH2O3/c1-2-10-18-17(9-1)25-33-26(18)38-28-21-13-5-6-14-22(21)30(35-28)40-32-24-16-8-7-15-23(24)31(36-32)39-29-20-12-4-3-11-19(20)27(34-29)37-25;2-1(3)4/h17-40H,1-16H2;(H2,2,3,4). The number of carbonyl (C=O) groups is 1. The van der Waals surface area contributed by atoms with E-state index < -0.39 is 6.16 Å². The topological polar surface area (TPSA) is 154 Å². The zero-order valence-electron chi connectivity index (χ0n) is 26.4. The van der Waals surface area contributed by atoms with Crippen molar-refractivity contribution in [1.29, 1.82) is 0 Å². The maximum atomic E-state index is 8.56. The van der Waals surface area contributed by atoms with Gasteiger partial charge in [-0.1, -0.05) is 51.4 Å². The first-order chi connectivity index (χ1) is 21.5. The van der Waals surface area contributed by atoms with Crippen LogP contribution in [0, 0.1) is 47.3 Å². The lowest BCUT2D eigenvalue weighted by molar-refractivity contribution is 0.137. The van der Waals surface area contributed by atoms with Gasteiger partial charge in [-0.25, -0.2) is 4.79 Å². The fraction of sp³-hybridized carbons (Fsp3) is 0.970. The Morgan fingerprint density at radius 2 is 0.432 bits per heavy atom. The van der Waals surface area contributed by atoms with E-state index in [4.69, 9.17) is 15.0 Å². The van der Waals surface area contributed by atoms with Gasteiger partial charge in [-0.3, -0.25) is 42.5 Å². The summed E-state index contributed by atoms with van der Waals surface area (Å²) in [6.07, 6.45) is 23.7. The zero-order chi connectivity index (χ0) is 29.8. The van der Waals surface area contributed by atoms with Gasteiger partial charge in [0, 0.05) is 0 Å². The molecule has 0 radical (unpaired) electrons. The third-order valence-corrected chi connectivity index (χ3v) is 13.8. The normalized spacial score (nSPS) is 52.9. The molecule has 0 spiro atoms. The van der Waals surface area contributed by atoms with Gasteiger partial charge in [-0.05, 0) is 98.7 Å². The van der Waals surface area contributed by atoms with Crippen molar-refractivity contribution < 1.29 is 15.0 Å². The van der Waals surface area contributed by atoms with E-state index in [0.29, 0.717) is 49.3 Å². The average Bonchev–Trinajstić information content (AvgIpc) is 3.76. The second kappa shape index (κ2) is 12.9. The van der Waals surface area contributed by atoms with Crippen molar-refractivity contribution >= 4 is 6.16 Å². The molecule has 8 bridgehead atoms. The van der Waals surface area contributed by atoms with Crippen LogP contribution < -0.4 is 42.5 Å². The summed E-state index contributed by atoms with van der Waals surface area (Å²) in [7, 11) is 0. The predicted molar refractivity (Wildman–Crippen MR) is 168 cm³/mol. The Morgan fingerprint density at radius 3 is 0.545 bits per heavy atom. The lowest BCUT2D eigenvalue weighted by atomic mass is 9.76. The summed E-state index contributed by atoms with van der Waals surface area (Å²) >= 11 is 0. The van der Waals surface area contributed by atoms with E-state index in [0.717, 1.165) is 47.3 Å². The van der Waals surface area contributed by atoms with E-state index in [9.17, 15) is 0 Å². The molecular weight excluding hydrogens is 556 g/mol. The predicted octanol–water partition coefficient (Wildman–Crippen LogP) is 2.83. The fourth-order valence-electron chi connectivity index (χ4n) is 12.0. The van der Waals surface area contributed by atoms with Gasteiger partial charge < -0.3 is 10.2 Å². The van der Waals surface area contributed by atoms with Crippen molar-refractivity contribution in [3.8, 4) is 0 Å². The van der Waals surface area contributed by atoms with Crippen molar-refractivity contribution in [2.75, 3.05) is 0 Å². The SMILES string of the molecule is C1CCC2C3NC(NC4NC(NC5NC(NC6NC(N3)C3CCCCC63)C3CCCCC53)C3CCCCC43)C2C1.O=C(O)O. The molecule has 11 nitrogen and oxygen atoms in total. The smallest absolute Gasteiger partial charge is 0.450 e. The number of carboxylic acid groups (broad SMARTS) is 2. The summed E-state index contributed by atoms with van der Waals surface area (Å²) in [5.41, 5.74) is 0. The van der Waals surface area contributed by atoms with E-state index in [2.05, 4.69) is 42.5 Å². The molecule has 5 heterocycles. The van der Waals surface area contributed by atoms with Gasteiger partial charge in [0.2, 0.25) is 0 Å². The third-order valence-electron chi connectivity index (χ3n) is 13.8. The largest absolute Gasteiger partial charge is 0.503 e. The van der Waals surface area contributed by atoms with Crippen LogP contribution in [0.25, 0.3) is 0 Å². The van der Waals surface area contributed by atoms with Crippen LogP contribution in [0.4, 0.5) is 4.79 Å². The Morgan fingerprint density at radius 1 is 0.318 bits per heavy atom. The van der Waals surface area contributed by atoms with E-state index in [1.807, 2.05) is 0 Å². The van der Waals surface area contributed by atoms with Crippen molar-refractivity contribution in [2.45, 2.75) is 152 Å². The maximum Gasteiger partial charge on any atom is 0.503 e. The molecule has 0 aromatic heterocycles. The number of hydrogen-bond acceptors (Lipinski definition) is 9. The third kappa shape index (κ3) is 5.71. The number of nitrogens with one attached hydrogen (secondary N) is 8. The fourth-order valence-corrected chi connectivity index (χ4v) is 12.0. The number of fused-ring (bicyclic) bond motifs is 20. The van der Waals surface area contributed by atoms with Crippen molar-refractivity contribution in [1.82, 2.24) is 42.5 Å². The molecule has 0 aromatic rings. The monoisotopic (exact) mass is 614 g/mol. The van der Waals surface area contributed by atoms with Gasteiger partial charge in [0.15, 0.2) is 0 Å². The molecule has 5 aliphatic heterocycles. The van der Waals surface area contributed by atoms with E-state index in [1.165, 1.54) is 103 Å². The molecule has 9 rings (SSSR count). The summed E-state index contributed by atoms with van der Waals surface area (Å²) in [6.45, 7) is 0. The van der Waals surface area contributed by atoms with Crippen LogP contribution in [0.5, 0.6) is 0 Å². The molecule has 9 aliphatic rings. The van der Waals surface area contributed by atoms with Crippen LogP contribution >= 0.6 is 0 Å². The molecule has 9 fully saturated rings. The number of hydrogen-bond donors (Lipinski definition) is 10. The highest BCUT2D eigenvalue weighted by Gasteiger charge is 2.54. The molecule has 11 heteroatoms. The van der Waals surface area contributed by atoms with Gasteiger partial charge in [0.25, 0.3) is 0 Å². The van der Waals surface area contributed by atoms with Crippen LogP contribution in [0.2, 0.25) is 0 Å². The summed E-state index contributed by atoms with van der Waals surface area (Å²) in [5, 5.41) is 47.7. The van der Waals surface area contributed by atoms with Crippen molar-refractivity contribution in [3.05, 3.63) is 0 Å². The summed E-state index contributed by atoms with van der Waals surface area (Å²) in [6, 6.07) is 0. The first kappa shape index (κ1) is 30.3. The lowest BCUT2D eigenvalue weighted by Gasteiger charge is -2.35. The molecule has 44 heavy (non-hydrogen) atoms. The van der Waals surface area contributed by atoms with Crippen molar-refractivity contribution in [2.24, 2.45) is 47.3 Å². The quantitative estimate of drug-likeness (QED) is 0.196. The van der Waals surface area contributed by atoms with Gasteiger partial charge in [-0.15, -0.1) is 0 Å². The second-order valence-corrected chi connectivity index (χ2v) is 15.9. The molecule has 4 saturated carbocycles. The summed E-state index contributed by atoms with van der Waals surface area (Å²) in [4.78, 5) is 8.56. The first-order valence-corrected chi connectivity index (χ1v) is 18.5. The Hall–Kier alpha value is -1.05. The Bertz CT molecular complexity index is 810. The van der Waals surface area contributed by atoms with Gasteiger partial charge in [0.05, 0.1) is 49.3 Å². The molecule has 4 aliphatic carbocycles. The molecule has 0 aromatic carbocycles. The molecule has 0 amide bonds. The van der Waals surface area contributed by atoms with Gasteiger partial charge in [0.1, 0.15) is 0 Å². The molecule has 8 unspecified atom stereocenters. The van der Waals surface area contributed by atoms with E-state index in [-0.39, 0.29) is 0 Å². The minimum atomic E-state index is -1.83. The molecule has 8 atom stereocenters. The maximum absolute atomic E-state index is 8.56.